The van der Waals surface area contributed by atoms with Crippen LogP contribution in [0.25, 0.3) is 0 Å². The van der Waals surface area contributed by atoms with Crippen LogP contribution in [0.1, 0.15) is 11.5 Å². The van der Waals surface area contributed by atoms with E-state index in [1.54, 1.807) is 31.4 Å². The number of hydrogen-bond acceptors (Lipinski definition) is 5. The summed E-state index contributed by atoms with van der Waals surface area (Å²) in [5.74, 6) is -0.321. The maximum Gasteiger partial charge on any atom is 0.318 e. The van der Waals surface area contributed by atoms with Crippen molar-refractivity contribution in [3.63, 3.8) is 0 Å². The van der Waals surface area contributed by atoms with Gasteiger partial charge in [0.2, 0.25) is 0 Å². The van der Waals surface area contributed by atoms with Crippen LogP contribution in [0.3, 0.4) is 0 Å². The van der Waals surface area contributed by atoms with Gasteiger partial charge in [-0.1, -0.05) is 12.1 Å². The maximum absolute atomic E-state index is 11.8. The Bertz CT molecular complexity index is 369. The highest BCUT2D eigenvalue weighted by atomic mass is 16.7. The van der Waals surface area contributed by atoms with Gasteiger partial charge in [-0.15, -0.1) is 0 Å². The molecule has 0 heterocycles. The summed E-state index contributed by atoms with van der Waals surface area (Å²) in [6.07, 6.45) is -0.689. The summed E-state index contributed by atoms with van der Waals surface area (Å²) in [5.41, 5.74) is 0.747. The quantitative estimate of drug-likeness (QED) is 0.569. The van der Waals surface area contributed by atoms with Gasteiger partial charge in [0.25, 0.3) is 0 Å². The predicted octanol–water partition coefficient (Wildman–Crippen LogP) is 1.57. The number of carbonyl (C=O) groups is 1. The number of rotatable bonds is 6. The van der Waals surface area contributed by atoms with E-state index in [0.29, 0.717) is 5.75 Å². The van der Waals surface area contributed by atoms with Gasteiger partial charge >= 0.3 is 5.97 Å². The van der Waals surface area contributed by atoms with Gasteiger partial charge in [-0.25, -0.2) is 0 Å². The van der Waals surface area contributed by atoms with Gasteiger partial charge in [0.15, 0.2) is 6.29 Å². The first-order chi connectivity index (χ1) is 8.67. The molecule has 0 N–H and O–H groups in total. The number of esters is 1. The SMILES string of the molecule is COC(=O)C(c1ccc(OC)cc1)C(OC)OC. The van der Waals surface area contributed by atoms with Gasteiger partial charge in [0.05, 0.1) is 14.2 Å². The Morgan fingerprint density at radius 3 is 1.94 bits per heavy atom. The third kappa shape index (κ3) is 3.21. The van der Waals surface area contributed by atoms with Crippen molar-refractivity contribution in [1.82, 2.24) is 0 Å². The van der Waals surface area contributed by atoms with E-state index in [2.05, 4.69) is 0 Å². The Morgan fingerprint density at radius 1 is 1.00 bits per heavy atom. The van der Waals surface area contributed by atoms with E-state index in [4.69, 9.17) is 18.9 Å². The first kappa shape index (κ1) is 14.5. The van der Waals surface area contributed by atoms with Crippen LogP contribution < -0.4 is 4.74 Å². The van der Waals surface area contributed by atoms with E-state index in [1.807, 2.05) is 0 Å². The molecule has 0 aliphatic carbocycles. The van der Waals surface area contributed by atoms with Gasteiger partial charge < -0.3 is 18.9 Å². The number of ether oxygens (including phenoxy) is 4. The molecule has 100 valence electrons. The Hall–Kier alpha value is -1.59. The normalized spacial score (nSPS) is 12.3. The fourth-order valence-electron chi connectivity index (χ4n) is 1.71. The molecule has 5 nitrogen and oxygen atoms in total. The topological polar surface area (TPSA) is 54.0 Å². The van der Waals surface area contributed by atoms with Crippen LogP contribution in [-0.2, 0) is 19.0 Å². The number of benzene rings is 1. The fraction of sp³-hybridized carbons (Fsp3) is 0.462. The molecule has 18 heavy (non-hydrogen) atoms. The van der Waals surface area contributed by atoms with Crippen LogP contribution in [0, 0.1) is 0 Å². The molecule has 0 aliphatic heterocycles. The third-order valence-corrected chi connectivity index (χ3v) is 2.67. The highest BCUT2D eigenvalue weighted by Crippen LogP contribution is 2.25. The molecule has 0 saturated heterocycles. The Morgan fingerprint density at radius 2 is 1.56 bits per heavy atom. The summed E-state index contributed by atoms with van der Waals surface area (Å²) in [5, 5.41) is 0. The van der Waals surface area contributed by atoms with E-state index in [-0.39, 0.29) is 0 Å². The molecular weight excluding hydrogens is 236 g/mol. The van der Waals surface area contributed by atoms with Crippen molar-refractivity contribution in [3.05, 3.63) is 29.8 Å². The molecule has 5 heteroatoms. The lowest BCUT2D eigenvalue weighted by Crippen LogP contribution is -2.30. The molecule has 1 rings (SSSR count). The van der Waals surface area contributed by atoms with Crippen molar-refractivity contribution in [2.24, 2.45) is 0 Å². The minimum Gasteiger partial charge on any atom is -0.497 e. The molecule has 0 aliphatic rings. The van der Waals surface area contributed by atoms with E-state index in [1.165, 1.54) is 21.3 Å². The van der Waals surface area contributed by atoms with Gasteiger partial charge in [0.1, 0.15) is 11.7 Å². The number of hydrogen-bond donors (Lipinski definition) is 0. The Kier molecular flexibility index (Phi) is 5.61. The monoisotopic (exact) mass is 254 g/mol. The molecule has 0 saturated carbocycles. The summed E-state index contributed by atoms with van der Waals surface area (Å²) in [7, 11) is 5.88. The van der Waals surface area contributed by atoms with Crippen molar-refractivity contribution in [2.75, 3.05) is 28.4 Å². The second-order valence-corrected chi connectivity index (χ2v) is 3.61. The van der Waals surface area contributed by atoms with Crippen molar-refractivity contribution < 1.29 is 23.7 Å². The summed E-state index contributed by atoms with van der Waals surface area (Å²) >= 11 is 0. The van der Waals surface area contributed by atoms with Crippen LogP contribution in [0.15, 0.2) is 24.3 Å². The van der Waals surface area contributed by atoms with Crippen LogP contribution in [0.4, 0.5) is 0 Å². The van der Waals surface area contributed by atoms with Crippen molar-refractivity contribution >= 4 is 5.97 Å². The van der Waals surface area contributed by atoms with E-state index in [0.717, 1.165) is 5.56 Å². The zero-order chi connectivity index (χ0) is 13.5. The Labute approximate surface area is 107 Å². The zero-order valence-corrected chi connectivity index (χ0v) is 11.0. The Balaban J connectivity index is 3.04. The van der Waals surface area contributed by atoms with Crippen molar-refractivity contribution in [3.8, 4) is 5.75 Å². The maximum atomic E-state index is 11.8. The second kappa shape index (κ2) is 6.98. The summed E-state index contributed by atoms with van der Waals surface area (Å²) in [6.45, 7) is 0. The smallest absolute Gasteiger partial charge is 0.318 e. The van der Waals surface area contributed by atoms with Crippen LogP contribution in [0.2, 0.25) is 0 Å². The first-order valence-corrected chi connectivity index (χ1v) is 5.45. The van der Waals surface area contributed by atoms with Gasteiger partial charge in [0, 0.05) is 14.2 Å². The molecule has 0 radical (unpaired) electrons. The average Bonchev–Trinajstić information content (AvgIpc) is 2.44. The zero-order valence-electron chi connectivity index (χ0n) is 11.0. The van der Waals surface area contributed by atoms with Crippen molar-refractivity contribution in [1.29, 1.82) is 0 Å². The molecule has 1 unspecified atom stereocenters. The second-order valence-electron chi connectivity index (χ2n) is 3.61. The van der Waals surface area contributed by atoms with E-state index < -0.39 is 18.2 Å². The van der Waals surface area contributed by atoms with Crippen LogP contribution in [-0.4, -0.2) is 40.7 Å². The lowest BCUT2D eigenvalue weighted by molar-refractivity contribution is -0.163. The molecule has 0 aromatic heterocycles. The molecule has 0 spiro atoms. The van der Waals surface area contributed by atoms with Crippen LogP contribution >= 0.6 is 0 Å². The van der Waals surface area contributed by atoms with E-state index >= 15 is 0 Å². The molecule has 0 amide bonds. The molecular formula is C13H18O5. The minimum absolute atomic E-state index is 0.408. The summed E-state index contributed by atoms with van der Waals surface area (Å²) in [6, 6.07) is 7.11. The molecule has 0 bridgehead atoms. The van der Waals surface area contributed by atoms with Gasteiger partial charge in [-0.05, 0) is 17.7 Å². The lowest BCUT2D eigenvalue weighted by atomic mass is 9.98. The molecule has 1 atom stereocenters. The van der Waals surface area contributed by atoms with Crippen LogP contribution in [0.5, 0.6) is 5.75 Å². The summed E-state index contributed by atoms with van der Waals surface area (Å²) < 4.78 is 20.1. The standard InChI is InChI=1S/C13H18O5/c1-15-10-7-5-9(6-8-10)11(12(14)16-2)13(17-3)18-4/h5-8,11,13H,1-4H3. The predicted molar refractivity (Wildman–Crippen MR) is 65.6 cm³/mol. The third-order valence-electron chi connectivity index (χ3n) is 2.67. The summed E-state index contributed by atoms with van der Waals surface area (Å²) in [4.78, 5) is 11.8. The van der Waals surface area contributed by atoms with Gasteiger partial charge in [-0.3, -0.25) is 4.79 Å². The van der Waals surface area contributed by atoms with Crippen molar-refractivity contribution in [2.45, 2.75) is 12.2 Å². The van der Waals surface area contributed by atoms with Gasteiger partial charge in [-0.2, -0.15) is 0 Å². The minimum atomic E-state index is -0.689. The first-order valence-electron chi connectivity index (χ1n) is 5.45. The molecule has 1 aromatic rings. The van der Waals surface area contributed by atoms with E-state index in [9.17, 15) is 4.79 Å². The fourth-order valence-corrected chi connectivity index (χ4v) is 1.71. The molecule has 0 fully saturated rings. The highest BCUT2D eigenvalue weighted by Gasteiger charge is 2.31. The molecule has 1 aromatic carbocycles. The number of methoxy groups -OCH3 is 4. The number of carbonyl (C=O) groups excluding carboxylic acids is 1. The average molecular weight is 254 g/mol. The highest BCUT2D eigenvalue weighted by molar-refractivity contribution is 5.78. The largest absolute Gasteiger partial charge is 0.497 e. The lowest BCUT2D eigenvalue weighted by Gasteiger charge is -2.23.